The third-order valence-corrected chi connectivity index (χ3v) is 6.22. The second-order valence-corrected chi connectivity index (χ2v) is 8.32. The number of hydrogen-bond donors (Lipinski definition) is 1. The molecule has 3 heterocycles. The largest absolute Gasteiger partial charge is 0.439 e. The van der Waals surface area contributed by atoms with Gasteiger partial charge in [0, 0.05) is 31.2 Å². The van der Waals surface area contributed by atoms with Crippen molar-refractivity contribution in [2.24, 2.45) is 11.8 Å². The third kappa shape index (κ3) is 3.02. The maximum Gasteiger partial charge on any atom is 0.232 e. The summed E-state index contributed by atoms with van der Waals surface area (Å²) in [6.07, 6.45) is 2.24. The van der Waals surface area contributed by atoms with Gasteiger partial charge in [-0.25, -0.2) is 9.97 Å². The molecule has 1 fully saturated rings. The topological polar surface area (TPSA) is 108 Å². The number of aromatic nitrogens is 2. The predicted molar refractivity (Wildman–Crippen MR) is 123 cm³/mol. The number of anilines is 3. The number of fused-ring (bicyclic) bond motifs is 2. The summed E-state index contributed by atoms with van der Waals surface area (Å²) in [6, 6.07) is 9.90. The minimum Gasteiger partial charge on any atom is -0.439 e. The van der Waals surface area contributed by atoms with Gasteiger partial charge in [-0.15, -0.1) is 0 Å². The van der Waals surface area contributed by atoms with E-state index < -0.39 is 0 Å². The number of aryl methyl sites for hydroxylation is 1. The summed E-state index contributed by atoms with van der Waals surface area (Å²) in [5, 5.41) is 10.6. The van der Waals surface area contributed by atoms with Crippen LogP contribution in [0.5, 0.6) is 5.75 Å². The van der Waals surface area contributed by atoms with E-state index in [-0.39, 0.29) is 17.7 Å². The highest BCUT2D eigenvalue weighted by atomic mass is 16.5. The second-order valence-electron chi connectivity index (χ2n) is 8.32. The van der Waals surface area contributed by atoms with E-state index in [1.54, 1.807) is 13.2 Å². The average molecular weight is 426 g/mol. The smallest absolute Gasteiger partial charge is 0.232 e. The lowest BCUT2D eigenvalue weighted by molar-refractivity contribution is -0.119. The van der Waals surface area contributed by atoms with Gasteiger partial charge in [-0.3, -0.25) is 9.69 Å². The van der Waals surface area contributed by atoms with Crippen molar-refractivity contribution in [1.82, 2.24) is 9.97 Å². The van der Waals surface area contributed by atoms with Crippen LogP contribution in [-0.4, -0.2) is 30.0 Å². The molecule has 5 rings (SSSR count). The first-order valence-corrected chi connectivity index (χ1v) is 10.3. The van der Waals surface area contributed by atoms with Crippen LogP contribution in [0.3, 0.4) is 0 Å². The van der Waals surface area contributed by atoms with Crippen LogP contribution in [0, 0.1) is 30.1 Å². The molecular weight excluding hydrogens is 404 g/mol. The van der Waals surface area contributed by atoms with Crippen LogP contribution in [0.4, 0.5) is 17.3 Å². The molecule has 0 radical (unpaired) electrons. The fraction of sp³-hybridized carbons (Fsp3) is 0.250. The van der Waals surface area contributed by atoms with E-state index >= 15 is 0 Å². The highest BCUT2D eigenvalue weighted by Crippen LogP contribution is 2.42. The van der Waals surface area contributed by atoms with Gasteiger partial charge >= 0.3 is 0 Å². The Bertz CT molecular complexity index is 1360. The predicted octanol–water partition coefficient (Wildman–Crippen LogP) is 3.61. The highest BCUT2D eigenvalue weighted by Gasteiger charge is 2.45. The Morgan fingerprint density at radius 2 is 2.16 bits per heavy atom. The van der Waals surface area contributed by atoms with Crippen LogP contribution in [0.1, 0.15) is 12.0 Å². The quantitative estimate of drug-likeness (QED) is 0.681. The molecule has 0 spiro atoms. The second kappa shape index (κ2) is 6.95. The lowest BCUT2D eigenvalue weighted by atomic mass is 10.0. The number of nitriles is 1. The Morgan fingerprint density at radius 1 is 1.38 bits per heavy atom. The van der Waals surface area contributed by atoms with Crippen LogP contribution >= 0.6 is 0 Å². The lowest BCUT2D eigenvalue weighted by Gasteiger charge is -2.17. The number of carbonyl (C=O) groups is 1. The maximum absolute atomic E-state index is 12.6. The summed E-state index contributed by atoms with van der Waals surface area (Å²) in [4.78, 5) is 25.0. The van der Waals surface area contributed by atoms with Crippen molar-refractivity contribution in [3.05, 3.63) is 48.5 Å². The molecule has 2 N–H and O–H groups in total. The minimum atomic E-state index is -0.248. The number of ether oxygens (including phenoxy) is 1. The number of amides is 1. The molecule has 2 aromatic heterocycles. The van der Waals surface area contributed by atoms with Gasteiger partial charge in [0.2, 0.25) is 5.91 Å². The highest BCUT2D eigenvalue weighted by molar-refractivity contribution is 6.00. The van der Waals surface area contributed by atoms with Gasteiger partial charge in [0.05, 0.1) is 29.3 Å². The van der Waals surface area contributed by atoms with Gasteiger partial charge in [-0.1, -0.05) is 0 Å². The van der Waals surface area contributed by atoms with Crippen molar-refractivity contribution < 1.29 is 9.53 Å². The Morgan fingerprint density at radius 3 is 2.88 bits per heavy atom. The zero-order chi connectivity index (χ0) is 22.7. The molecule has 160 valence electrons. The van der Waals surface area contributed by atoms with Crippen LogP contribution < -0.4 is 20.3 Å². The number of nitrogen functional groups attached to an aromatic ring is 1. The molecular formula is C24H22N6O2. The van der Waals surface area contributed by atoms with Crippen molar-refractivity contribution >= 4 is 34.0 Å². The SMILES string of the molecule is C=C1Oc2cc(-c3cc4cc(N(C)C(=O)[C@H]5CC5C#N)ncc4c(N)n3)c(C)cc2N1C. The molecule has 1 aliphatic carbocycles. The van der Waals surface area contributed by atoms with Crippen molar-refractivity contribution in [3.8, 4) is 23.1 Å². The summed E-state index contributed by atoms with van der Waals surface area (Å²) < 4.78 is 5.77. The third-order valence-electron chi connectivity index (χ3n) is 6.22. The zero-order valence-corrected chi connectivity index (χ0v) is 18.1. The Hall–Kier alpha value is -4.12. The molecule has 2 aliphatic rings. The number of nitrogens with zero attached hydrogens (tertiary/aromatic N) is 5. The van der Waals surface area contributed by atoms with E-state index in [0.717, 1.165) is 28.0 Å². The van der Waals surface area contributed by atoms with Crippen LogP contribution in [0.2, 0.25) is 0 Å². The van der Waals surface area contributed by atoms with Crippen LogP contribution in [0.25, 0.3) is 22.0 Å². The van der Waals surface area contributed by atoms with Gasteiger partial charge in [0.25, 0.3) is 0 Å². The van der Waals surface area contributed by atoms with Crippen molar-refractivity contribution in [2.75, 3.05) is 29.6 Å². The number of pyridine rings is 2. The monoisotopic (exact) mass is 426 g/mol. The Labute approximate surface area is 185 Å². The Kier molecular flexibility index (Phi) is 4.31. The number of nitrogens with two attached hydrogens (primary N) is 1. The molecule has 8 nitrogen and oxygen atoms in total. The van der Waals surface area contributed by atoms with Crippen molar-refractivity contribution in [3.63, 3.8) is 0 Å². The van der Waals surface area contributed by atoms with Gasteiger partial charge in [-0.2, -0.15) is 5.26 Å². The zero-order valence-electron chi connectivity index (χ0n) is 18.1. The first-order valence-electron chi connectivity index (χ1n) is 10.3. The van der Waals surface area contributed by atoms with E-state index in [0.29, 0.717) is 35.0 Å². The molecule has 3 aromatic rings. The summed E-state index contributed by atoms with van der Waals surface area (Å²) in [5.74, 6) is 1.62. The lowest BCUT2D eigenvalue weighted by Crippen LogP contribution is -2.29. The van der Waals surface area contributed by atoms with E-state index in [1.807, 2.05) is 43.1 Å². The first-order chi connectivity index (χ1) is 15.3. The number of carbonyl (C=O) groups excluding carboxylic acids is 1. The fourth-order valence-electron chi connectivity index (χ4n) is 4.08. The normalized spacial score (nSPS) is 18.8. The standard InChI is InChI=1S/C24H22N6O2/c1-12-5-20-21(32-13(2)29(20)3)9-16(12)19-7-14-8-22(27-11-18(14)23(26)28-19)30(4)24(31)17-6-15(17)10-25/h5,7-9,11,15,17H,2,6H2,1,3-4H3,(H2,26,28)/t15?,17-/m0/s1. The number of benzene rings is 1. The molecule has 32 heavy (non-hydrogen) atoms. The van der Waals surface area contributed by atoms with Gasteiger partial charge < -0.3 is 15.4 Å². The van der Waals surface area contributed by atoms with Gasteiger partial charge in [-0.05, 0) is 55.1 Å². The first kappa shape index (κ1) is 19.8. The molecule has 0 bridgehead atoms. The molecule has 2 atom stereocenters. The molecule has 1 aromatic carbocycles. The van der Waals surface area contributed by atoms with Crippen LogP contribution in [-0.2, 0) is 4.79 Å². The van der Waals surface area contributed by atoms with E-state index in [4.69, 9.17) is 15.7 Å². The maximum atomic E-state index is 12.6. The van der Waals surface area contributed by atoms with Gasteiger partial charge in [0.1, 0.15) is 11.6 Å². The van der Waals surface area contributed by atoms with E-state index in [2.05, 4.69) is 22.6 Å². The Balaban J connectivity index is 1.55. The fourth-order valence-corrected chi connectivity index (χ4v) is 4.08. The van der Waals surface area contributed by atoms with E-state index in [1.165, 1.54) is 4.90 Å². The van der Waals surface area contributed by atoms with Gasteiger partial charge in [0.15, 0.2) is 11.6 Å². The summed E-state index contributed by atoms with van der Waals surface area (Å²) in [6.45, 7) is 5.93. The summed E-state index contributed by atoms with van der Waals surface area (Å²) in [7, 11) is 3.59. The summed E-state index contributed by atoms with van der Waals surface area (Å²) in [5.41, 5.74) is 9.84. The van der Waals surface area contributed by atoms with Crippen LogP contribution in [0.15, 0.2) is 42.9 Å². The minimum absolute atomic E-state index is 0.0957. The number of hydrogen-bond acceptors (Lipinski definition) is 7. The summed E-state index contributed by atoms with van der Waals surface area (Å²) >= 11 is 0. The van der Waals surface area contributed by atoms with Crippen molar-refractivity contribution in [1.29, 1.82) is 5.26 Å². The average Bonchev–Trinajstić information content (AvgIpc) is 3.52. The molecule has 0 saturated heterocycles. The molecule has 1 saturated carbocycles. The molecule has 8 heteroatoms. The molecule has 1 amide bonds. The molecule has 1 aliphatic heterocycles. The van der Waals surface area contributed by atoms with Crippen molar-refractivity contribution in [2.45, 2.75) is 13.3 Å². The molecule has 1 unspecified atom stereocenters. The van der Waals surface area contributed by atoms with E-state index in [9.17, 15) is 4.79 Å². The number of rotatable bonds is 3.